The topological polar surface area (TPSA) is 55.1 Å². The average Bonchev–Trinajstić information content (AvgIpc) is 2.80. The molecule has 0 fully saturated rings. The minimum Gasteiger partial charge on any atom is -0.481 e. The summed E-state index contributed by atoms with van der Waals surface area (Å²) in [5, 5.41) is 9.73. The number of hydrogen-bond donors (Lipinski definition) is 1. The van der Waals surface area contributed by atoms with Crippen LogP contribution < -0.4 is 0 Å². The Hall–Kier alpha value is -1.14. The van der Waals surface area contributed by atoms with E-state index in [1.54, 1.807) is 11.8 Å². The van der Waals surface area contributed by atoms with Crippen molar-refractivity contribution >= 4 is 40.5 Å². The van der Waals surface area contributed by atoms with E-state index < -0.39 is 5.97 Å². The van der Waals surface area contributed by atoms with Crippen LogP contribution in [0.15, 0.2) is 23.4 Å². The van der Waals surface area contributed by atoms with Crippen molar-refractivity contribution in [3.63, 3.8) is 0 Å². The first kappa shape index (κ1) is 16.2. The van der Waals surface area contributed by atoms with Gasteiger partial charge in [0.25, 0.3) is 0 Å². The molecule has 0 aliphatic carbocycles. The summed E-state index contributed by atoms with van der Waals surface area (Å²) in [6, 6.07) is 6.53. The zero-order valence-corrected chi connectivity index (χ0v) is 14.1. The number of carboxylic acids is 1. The molecule has 0 radical (unpaired) electrons. The Balaban J connectivity index is 2.51. The summed E-state index contributed by atoms with van der Waals surface area (Å²) in [6.07, 6.45) is 3.10. The van der Waals surface area contributed by atoms with Crippen LogP contribution in [0.25, 0.3) is 11.0 Å². The van der Waals surface area contributed by atoms with Gasteiger partial charge >= 0.3 is 5.97 Å². The summed E-state index contributed by atoms with van der Waals surface area (Å²) in [5.74, 6) is 0.224. The fourth-order valence-corrected chi connectivity index (χ4v) is 3.90. The maximum Gasteiger partial charge on any atom is 0.313 e. The second-order valence-electron chi connectivity index (χ2n) is 4.96. The molecule has 1 atom stereocenters. The third-order valence-electron chi connectivity index (χ3n) is 3.33. The van der Waals surface area contributed by atoms with Crippen LogP contribution in [0.4, 0.5) is 0 Å². The van der Waals surface area contributed by atoms with E-state index in [4.69, 9.17) is 5.11 Å². The van der Waals surface area contributed by atoms with Crippen LogP contribution in [0.5, 0.6) is 0 Å². The van der Waals surface area contributed by atoms with Gasteiger partial charge in [-0.25, -0.2) is 4.98 Å². The first-order chi connectivity index (χ1) is 10.1. The molecule has 0 saturated heterocycles. The van der Waals surface area contributed by atoms with Crippen LogP contribution in [0.3, 0.4) is 0 Å². The minimum absolute atomic E-state index is 0.0397. The number of rotatable bonds is 7. The number of aliphatic carboxylic acids is 1. The van der Waals surface area contributed by atoms with Crippen LogP contribution in [0, 0.1) is 6.92 Å². The second kappa shape index (κ2) is 7.22. The Labute approximate surface area is 133 Å². The molecule has 0 saturated carbocycles. The third kappa shape index (κ3) is 3.74. The zero-order chi connectivity index (χ0) is 15.4. The minimum atomic E-state index is -0.812. The molecule has 1 aromatic carbocycles. The van der Waals surface area contributed by atoms with Gasteiger partial charge in [-0.1, -0.05) is 24.8 Å². The summed E-state index contributed by atoms with van der Waals surface area (Å²) < 4.78 is 2.21. The highest BCUT2D eigenvalue weighted by Crippen LogP contribution is 2.31. The van der Waals surface area contributed by atoms with Crippen LogP contribution >= 0.6 is 23.5 Å². The molecule has 0 aliphatic heterocycles. The van der Waals surface area contributed by atoms with Gasteiger partial charge in [0.05, 0.1) is 16.8 Å². The lowest BCUT2D eigenvalue weighted by Gasteiger charge is -2.19. The highest BCUT2D eigenvalue weighted by atomic mass is 32.2. The first-order valence-corrected chi connectivity index (χ1v) is 9.26. The van der Waals surface area contributed by atoms with Crippen molar-refractivity contribution < 1.29 is 9.90 Å². The van der Waals surface area contributed by atoms with Gasteiger partial charge in [-0.3, -0.25) is 4.79 Å². The fraction of sp³-hybridized carbons (Fsp3) is 0.467. The maximum atomic E-state index is 10.9. The number of fused-ring (bicyclic) bond motifs is 1. The van der Waals surface area contributed by atoms with Gasteiger partial charge < -0.3 is 9.67 Å². The molecule has 4 nitrogen and oxygen atoms in total. The molecule has 1 N–H and O–H groups in total. The van der Waals surface area contributed by atoms with Crippen molar-refractivity contribution in [3.8, 4) is 0 Å². The maximum absolute atomic E-state index is 10.9. The molecule has 1 heterocycles. The Bertz CT molecular complexity index is 640. The lowest BCUT2D eigenvalue weighted by atomic mass is 10.2. The quantitative estimate of drug-likeness (QED) is 0.784. The molecule has 0 amide bonds. The predicted molar refractivity (Wildman–Crippen MR) is 90.5 cm³/mol. The number of thioether (sulfide) groups is 2. The third-order valence-corrected chi connectivity index (χ3v) is 4.99. The van der Waals surface area contributed by atoms with Gasteiger partial charge in [0, 0.05) is 11.8 Å². The standard InChI is InChI=1S/C15H20N2O2S2/c1-4-11(8-20-3)17-13-7-10(2)5-6-12(13)16-15(17)21-9-14(18)19/h5-7,11H,4,8-9H2,1-3H3,(H,18,19). The zero-order valence-electron chi connectivity index (χ0n) is 12.5. The molecule has 114 valence electrons. The molecular weight excluding hydrogens is 304 g/mol. The summed E-state index contributed by atoms with van der Waals surface area (Å²) >= 11 is 3.10. The summed E-state index contributed by atoms with van der Waals surface area (Å²) in [7, 11) is 0. The number of nitrogens with zero attached hydrogens (tertiary/aromatic N) is 2. The molecule has 1 aromatic heterocycles. The lowest BCUT2D eigenvalue weighted by molar-refractivity contribution is -0.133. The number of benzene rings is 1. The largest absolute Gasteiger partial charge is 0.481 e. The summed E-state index contributed by atoms with van der Waals surface area (Å²) in [4.78, 5) is 15.5. The molecule has 21 heavy (non-hydrogen) atoms. The van der Waals surface area contributed by atoms with Crippen molar-refractivity contribution in [1.29, 1.82) is 0 Å². The Morgan fingerprint density at radius 3 is 2.86 bits per heavy atom. The van der Waals surface area contributed by atoms with Crippen LogP contribution in [0.2, 0.25) is 0 Å². The Morgan fingerprint density at radius 2 is 2.24 bits per heavy atom. The predicted octanol–water partition coefficient (Wildman–Crippen LogP) is 3.84. The number of carbonyl (C=O) groups is 1. The number of aromatic nitrogens is 2. The van der Waals surface area contributed by atoms with Crippen LogP contribution in [0.1, 0.15) is 24.9 Å². The van der Waals surface area contributed by atoms with E-state index in [2.05, 4.69) is 35.7 Å². The monoisotopic (exact) mass is 324 g/mol. The van der Waals surface area contributed by atoms with Gasteiger partial charge in [0.2, 0.25) is 0 Å². The average molecular weight is 324 g/mol. The van der Waals surface area contributed by atoms with E-state index in [0.29, 0.717) is 6.04 Å². The molecule has 0 bridgehead atoms. The van der Waals surface area contributed by atoms with E-state index in [1.165, 1.54) is 17.3 Å². The van der Waals surface area contributed by atoms with E-state index in [-0.39, 0.29) is 5.75 Å². The number of aryl methyl sites for hydroxylation is 1. The Morgan fingerprint density at radius 1 is 1.48 bits per heavy atom. The summed E-state index contributed by atoms with van der Waals surface area (Å²) in [6.45, 7) is 4.23. The fourth-order valence-electron chi connectivity index (χ4n) is 2.33. The lowest BCUT2D eigenvalue weighted by Crippen LogP contribution is -2.12. The van der Waals surface area contributed by atoms with Gasteiger partial charge in [-0.15, -0.1) is 0 Å². The number of hydrogen-bond acceptors (Lipinski definition) is 4. The van der Waals surface area contributed by atoms with Gasteiger partial charge in [-0.2, -0.15) is 11.8 Å². The molecule has 0 aliphatic rings. The van der Waals surface area contributed by atoms with Crippen LogP contribution in [-0.2, 0) is 4.79 Å². The van der Waals surface area contributed by atoms with Gasteiger partial charge in [0.1, 0.15) is 0 Å². The molecular formula is C15H20N2O2S2. The molecule has 1 unspecified atom stereocenters. The van der Waals surface area contributed by atoms with E-state index in [0.717, 1.165) is 28.4 Å². The van der Waals surface area contributed by atoms with Crippen molar-refractivity contribution in [3.05, 3.63) is 23.8 Å². The van der Waals surface area contributed by atoms with Crippen LogP contribution in [-0.4, -0.2) is 38.4 Å². The van der Waals surface area contributed by atoms with Crippen molar-refractivity contribution in [1.82, 2.24) is 9.55 Å². The normalized spacial score (nSPS) is 12.7. The second-order valence-corrected chi connectivity index (χ2v) is 6.81. The summed E-state index contributed by atoms with van der Waals surface area (Å²) in [5.41, 5.74) is 3.23. The van der Waals surface area contributed by atoms with Gasteiger partial charge in [-0.05, 0) is 37.3 Å². The molecule has 2 rings (SSSR count). The number of imidazole rings is 1. The first-order valence-electron chi connectivity index (χ1n) is 6.89. The highest BCUT2D eigenvalue weighted by Gasteiger charge is 2.19. The number of carboxylic acid groups (broad SMARTS) is 1. The van der Waals surface area contributed by atoms with Crippen molar-refractivity contribution in [2.45, 2.75) is 31.5 Å². The van der Waals surface area contributed by atoms with E-state index >= 15 is 0 Å². The van der Waals surface area contributed by atoms with Crippen molar-refractivity contribution in [2.24, 2.45) is 0 Å². The van der Waals surface area contributed by atoms with Gasteiger partial charge in [0.15, 0.2) is 5.16 Å². The van der Waals surface area contributed by atoms with E-state index in [1.807, 2.05) is 12.1 Å². The van der Waals surface area contributed by atoms with Crippen molar-refractivity contribution in [2.75, 3.05) is 17.8 Å². The van der Waals surface area contributed by atoms with E-state index in [9.17, 15) is 4.79 Å². The molecule has 0 spiro atoms. The highest BCUT2D eigenvalue weighted by molar-refractivity contribution is 7.99. The molecule has 2 aromatic rings. The molecule has 6 heteroatoms. The smallest absolute Gasteiger partial charge is 0.313 e. The Kier molecular flexibility index (Phi) is 5.58. The SMILES string of the molecule is CCC(CSC)n1c(SCC(=O)O)nc2ccc(C)cc21.